The van der Waals surface area contributed by atoms with E-state index in [4.69, 9.17) is 0 Å². The van der Waals surface area contributed by atoms with Crippen molar-refractivity contribution in [2.75, 3.05) is 67.0 Å². The van der Waals surface area contributed by atoms with Gasteiger partial charge in [0.2, 0.25) is 0 Å². The monoisotopic (exact) mass is 298 g/mol. The van der Waals surface area contributed by atoms with E-state index in [1.54, 1.807) is 0 Å². The molecule has 2 fully saturated rings. The lowest BCUT2D eigenvalue weighted by atomic mass is 10.0. The third kappa shape index (κ3) is 8.57. The summed E-state index contributed by atoms with van der Waals surface area (Å²) in [5.74, 6) is 0. The Morgan fingerprint density at radius 1 is 1.00 bits per heavy atom. The molecule has 0 aliphatic carbocycles. The van der Waals surface area contributed by atoms with Crippen molar-refractivity contribution in [3.8, 4) is 0 Å². The molecule has 0 atom stereocenters. The molecule has 0 unspecified atom stereocenters. The van der Waals surface area contributed by atoms with Crippen LogP contribution in [0, 0.1) is 0 Å². The Morgan fingerprint density at radius 2 is 1.48 bits per heavy atom. The Kier molecular flexibility index (Phi) is 13.0. The minimum atomic E-state index is 0.842. The third-order valence-electron chi connectivity index (χ3n) is 4.00. The lowest BCUT2D eigenvalue weighted by molar-refractivity contribution is 0.0708. The number of rotatable bonds is 3. The average molecular weight is 299 g/mol. The summed E-state index contributed by atoms with van der Waals surface area (Å²) in [5.41, 5.74) is 0. The minimum absolute atomic E-state index is 0.842. The molecule has 0 radical (unpaired) electrons. The van der Waals surface area contributed by atoms with Crippen LogP contribution in [0.1, 0.15) is 26.7 Å². The summed E-state index contributed by atoms with van der Waals surface area (Å²) in [4.78, 5) is 7.65. The Balaban J connectivity index is 0.000000713. The summed E-state index contributed by atoms with van der Waals surface area (Å²) in [5, 5.41) is 2.75. The molecule has 21 heavy (non-hydrogen) atoms. The Labute approximate surface area is 133 Å². The molecular weight excluding hydrogens is 260 g/mol. The second kappa shape index (κ2) is 13.3. The molecule has 0 spiro atoms. The molecular formula is C17H38N4. The first-order valence-electron chi connectivity index (χ1n) is 8.55. The molecule has 0 aromatic carbocycles. The van der Waals surface area contributed by atoms with E-state index in [1.165, 1.54) is 52.1 Å². The SMILES string of the molecule is C=CCN1CCC(N2CCN(C)CC2)CC1.CC.CNC. The van der Waals surface area contributed by atoms with Gasteiger partial charge >= 0.3 is 0 Å². The highest BCUT2D eigenvalue weighted by Crippen LogP contribution is 2.17. The number of piperazine rings is 1. The molecule has 2 aliphatic heterocycles. The van der Waals surface area contributed by atoms with Crippen molar-refractivity contribution >= 4 is 0 Å². The van der Waals surface area contributed by atoms with Crippen LogP contribution >= 0.6 is 0 Å². The molecule has 4 heteroatoms. The molecule has 126 valence electrons. The molecule has 4 nitrogen and oxygen atoms in total. The van der Waals surface area contributed by atoms with E-state index in [-0.39, 0.29) is 0 Å². The van der Waals surface area contributed by atoms with Crippen molar-refractivity contribution < 1.29 is 0 Å². The highest BCUT2D eigenvalue weighted by atomic mass is 15.3. The summed E-state index contributed by atoms with van der Waals surface area (Å²) < 4.78 is 0. The number of likely N-dealkylation sites (tertiary alicyclic amines) is 1. The van der Waals surface area contributed by atoms with E-state index < -0.39 is 0 Å². The van der Waals surface area contributed by atoms with Crippen LogP contribution in [0.5, 0.6) is 0 Å². The summed E-state index contributed by atoms with van der Waals surface area (Å²) in [6.07, 6.45) is 4.71. The maximum atomic E-state index is 3.81. The summed E-state index contributed by atoms with van der Waals surface area (Å²) in [6, 6.07) is 0.842. The number of piperidine rings is 1. The van der Waals surface area contributed by atoms with Crippen LogP contribution in [0.3, 0.4) is 0 Å². The fourth-order valence-corrected chi connectivity index (χ4v) is 2.84. The largest absolute Gasteiger partial charge is 0.323 e. The Hall–Kier alpha value is -0.420. The number of hydrogen-bond donors (Lipinski definition) is 1. The van der Waals surface area contributed by atoms with E-state index in [2.05, 4.69) is 33.6 Å². The molecule has 2 aliphatic rings. The van der Waals surface area contributed by atoms with Gasteiger partial charge in [0.05, 0.1) is 0 Å². The van der Waals surface area contributed by atoms with Crippen molar-refractivity contribution in [2.45, 2.75) is 32.7 Å². The summed E-state index contributed by atoms with van der Waals surface area (Å²) >= 11 is 0. The lowest BCUT2D eigenvalue weighted by Crippen LogP contribution is -2.52. The third-order valence-corrected chi connectivity index (χ3v) is 4.00. The van der Waals surface area contributed by atoms with Gasteiger partial charge in [-0.1, -0.05) is 19.9 Å². The van der Waals surface area contributed by atoms with Gasteiger partial charge in [-0.15, -0.1) is 6.58 Å². The Bertz CT molecular complexity index is 229. The zero-order chi connectivity index (χ0) is 16.1. The molecule has 0 amide bonds. The van der Waals surface area contributed by atoms with Crippen molar-refractivity contribution in [3.05, 3.63) is 12.7 Å². The van der Waals surface area contributed by atoms with Crippen molar-refractivity contribution in [1.29, 1.82) is 0 Å². The smallest absolute Gasteiger partial charge is 0.0160 e. The van der Waals surface area contributed by atoms with Crippen LogP contribution in [0.4, 0.5) is 0 Å². The van der Waals surface area contributed by atoms with Gasteiger partial charge in [0.15, 0.2) is 0 Å². The second-order valence-electron chi connectivity index (χ2n) is 5.66. The molecule has 0 bridgehead atoms. The van der Waals surface area contributed by atoms with Crippen LogP contribution in [0.2, 0.25) is 0 Å². The molecule has 2 rings (SSSR count). The quantitative estimate of drug-likeness (QED) is 0.801. The van der Waals surface area contributed by atoms with Gasteiger partial charge in [-0.05, 0) is 47.1 Å². The zero-order valence-corrected chi connectivity index (χ0v) is 15.1. The van der Waals surface area contributed by atoms with Gasteiger partial charge in [0, 0.05) is 38.8 Å². The molecule has 0 aromatic rings. The number of nitrogens with one attached hydrogen (secondary N) is 1. The fraction of sp³-hybridized carbons (Fsp3) is 0.882. The first-order chi connectivity index (χ1) is 10.2. The number of likely N-dealkylation sites (N-methyl/N-ethyl adjacent to an activating group) is 1. The fourth-order valence-electron chi connectivity index (χ4n) is 2.84. The standard InChI is InChI=1S/C13H25N3.C2H7N.C2H6/c1-3-6-15-7-4-13(5-8-15)16-11-9-14(2)10-12-16;1-3-2;1-2/h3,13H,1,4-12H2,2H3;3H,1-2H3;1-2H3. The maximum Gasteiger partial charge on any atom is 0.0160 e. The Morgan fingerprint density at radius 3 is 1.90 bits per heavy atom. The van der Waals surface area contributed by atoms with Gasteiger partial charge in [-0.2, -0.15) is 0 Å². The molecule has 2 saturated heterocycles. The van der Waals surface area contributed by atoms with Crippen molar-refractivity contribution in [1.82, 2.24) is 20.0 Å². The number of nitrogens with zero attached hydrogens (tertiary/aromatic N) is 3. The maximum absolute atomic E-state index is 3.81. The van der Waals surface area contributed by atoms with E-state index in [0.29, 0.717) is 0 Å². The predicted octanol–water partition coefficient (Wildman–Crippen LogP) is 1.75. The molecule has 0 saturated carbocycles. The van der Waals surface area contributed by atoms with Crippen LogP contribution in [0.15, 0.2) is 12.7 Å². The highest BCUT2D eigenvalue weighted by Gasteiger charge is 2.25. The summed E-state index contributed by atoms with van der Waals surface area (Å²) in [6.45, 7) is 16.4. The van der Waals surface area contributed by atoms with Crippen LogP contribution in [-0.4, -0.2) is 87.7 Å². The topological polar surface area (TPSA) is 21.8 Å². The van der Waals surface area contributed by atoms with Crippen molar-refractivity contribution in [2.24, 2.45) is 0 Å². The predicted molar refractivity (Wildman–Crippen MR) is 95.1 cm³/mol. The van der Waals surface area contributed by atoms with E-state index in [1.807, 2.05) is 34.0 Å². The number of hydrogen-bond acceptors (Lipinski definition) is 4. The van der Waals surface area contributed by atoms with Crippen molar-refractivity contribution in [3.63, 3.8) is 0 Å². The molecule has 1 N–H and O–H groups in total. The van der Waals surface area contributed by atoms with Gasteiger partial charge in [-0.25, -0.2) is 0 Å². The van der Waals surface area contributed by atoms with Crippen LogP contribution < -0.4 is 5.32 Å². The van der Waals surface area contributed by atoms with Gasteiger partial charge < -0.3 is 10.2 Å². The summed E-state index contributed by atoms with van der Waals surface area (Å²) in [7, 11) is 5.98. The van der Waals surface area contributed by atoms with E-state index in [0.717, 1.165) is 12.6 Å². The van der Waals surface area contributed by atoms with Gasteiger partial charge in [-0.3, -0.25) is 9.80 Å². The molecule has 2 heterocycles. The zero-order valence-electron chi connectivity index (χ0n) is 15.1. The first-order valence-corrected chi connectivity index (χ1v) is 8.55. The van der Waals surface area contributed by atoms with Gasteiger partial charge in [0.1, 0.15) is 0 Å². The molecule has 0 aromatic heterocycles. The highest BCUT2D eigenvalue weighted by molar-refractivity contribution is 4.84. The normalized spacial score (nSPS) is 21.8. The lowest BCUT2D eigenvalue weighted by Gasteiger charge is -2.41. The van der Waals surface area contributed by atoms with Gasteiger partial charge in [0.25, 0.3) is 0 Å². The van der Waals surface area contributed by atoms with E-state index in [9.17, 15) is 0 Å². The van der Waals surface area contributed by atoms with E-state index >= 15 is 0 Å². The second-order valence-corrected chi connectivity index (χ2v) is 5.66. The minimum Gasteiger partial charge on any atom is -0.323 e. The first kappa shape index (κ1) is 20.6. The van der Waals surface area contributed by atoms with Crippen LogP contribution in [-0.2, 0) is 0 Å². The van der Waals surface area contributed by atoms with Crippen LogP contribution in [0.25, 0.3) is 0 Å². The average Bonchev–Trinajstić information content (AvgIpc) is 2.52.